The van der Waals surface area contributed by atoms with E-state index in [1.54, 1.807) is 0 Å². The predicted octanol–water partition coefficient (Wildman–Crippen LogP) is 3.64. The molecule has 0 radical (unpaired) electrons. The van der Waals surface area contributed by atoms with Gasteiger partial charge >= 0.3 is 0 Å². The minimum absolute atomic E-state index is 0.0261. The summed E-state index contributed by atoms with van der Waals surface area (Å²) >= 11 is 0. The molecule has 0 heterocycles. The highest BCUT2D eigenvalue weighted by atomic mass is 19.2. The van der Waals surface area contributed by atoms with E-state index in [1.165, 1.54) is 11.1 Å². The first kappa shape index (κ1) is 13.2. The Hall–Kier alpha value is -1.81. The summed E-state index contributed by atoms with van der Waals surface area (Å²) in [6.07, 6.45) is 3.13. The van der Waals surface area contributed by atoms with Gasteiger partial charge in [-0.05, 0) is 42.0 Å². The first-order valence-corrected chi connectivity index (χ1v) is 6.58. The zero-order valence-corrected chi connectivity index (χ0v) is 10.8. The van der Waals surface area contributed by atoms with E-state index in [9.17, 15) is 13.2 Å². The number of hydrogen-bond acceptors (Lipinski definition) is 1. The van der Waals surface area contributed by atoms with Crippen LogP contribution in [0.1, 0.15) is 34.7 Å². The third kappa shape index (κ3) is 2.20. The third-order valence-electron chi connectivity index (χ3n) is 3.86. The molecule has 0 bridgehead atoms. The topological polar surface area (TPSA) is 26.0 Å². The van der Waals surface area contributed by atoms with Crippen LogP contribution in [-0.2, 0) is 12.8 Å². The van der Waals surface area contributed by atoms with E-state index in [0.29, 0.717) is 6.07 Å². The van der Waals surface area contributed by atoms with E-state index < -0.39 is 23.5 Å². The van der Waals surface area contributed by atoms with Crippen LogP contribution in [-0.4, -0.2) is 0 Å². The fourth-order valence-corrected chi connectivity index (χ4v) is 2.74. The Balaban J connectivity index is 2.00. The molecule has 1 aliphatic carbocycles. The molecule has 104 valence electrons. The molecule has 0 amide bonds. The standard InChI is InChI=1S/C16H14F3N/c17-13-8-15(19)14(18)7-12(13)16(20)11-5-4-9-2-1-3-10(9)6-11/h4-8,16H,1-3,20H2. The van der Waals surface area contributed by atoms with Crippen LogP contribution in [0.5, 0.6) is 0 Å². The molecule has 2 aromatic carbocycles. The average Bonchev–Trinajstić information content (AvgIpc) is 2.89. The van der Waals surface area contributed by atoms with Crippen LogP contribution >= 0.6 is 0 Å². The predicted molar refractivity (Wildman–Crippen MR) is 70.8 cm³/mol. The Morgan fingerprint density at radius 3 is 2.35 bits per heavy atom. The number of hydrogen-bond donors (Lipinski definition) is 1. The fraction of sp³-hybridized carbons (Fsp3) is 0.250. The number of nitrogens with two attached hydrogens (primary N) is 1. The number of halogens is 3. The minimum atomic E-state index is -1.20. The summed E-state index contributed by atoms with van der Waals surface area (Å²) in [5, 5.41) is 0. The lowest BCUT2D eigenvalue weighted by Gasteiger charge is -2.15. The van der Waals surface area contributed by atoms with Crippen molar-refractivity contribution in [1.82, 2.24) is 0 Å². The van der Waals surface area contributed by atoms with E-state index in [4.69, 9.17) is 5.73 Å². The first-order valence-electron chi connectivity index (χ1n) is 6.58. The molecule has 0 fully saturated rings. The molecular weight excluding hydrogens is 263 g/mol. The molecule has 4 heteroatoms. The lowest BCUT2D eigenvalue weighted by atomic mass is 9.96. The van der Waals surface area contributed by atoms with Crippen LogP contribution in [0.15, 0.2) is 30.3 Å². The van der Waals surface area contributed by atoms with Gasteiger partial charge in [0.2, 0.25) is 0 Å². The van der Waals surface area contributed by atoms with Gasteiger partial charge in [-0.1, -0.05) is 18.2 Å². The van der Waals surface area contributed by atoms with Gasteiger partial charge in [0.15, 0.2) is 11.6 Å². The van der Waals surface area contributed by atoms with E-state index in [-0.39, 0.29) is 5.56 Å². The molecule has 1 nitrogen and oxygen atoms in total. The normalized spacial score (nSPS) is 15.2. The van der Waals surface area contributed by atoms with Gasteiger partial charge in [-0.2, -0.15) is 0 Å². The number of benzene rings is 2. The summed E-state index contributed by atoms with van der Waals surface area (Å²) in [6.45, 7) is 0. The maximum Gasteiger partial charge on any atom is 0.161 e. The molecule has 0 aliphatic heterocycles. The minimum Gasteiger partial charge on any atom is -0.320 e. The average molecular weight is 277 g/mol. The fourth-order valence-electron chi connectivity index (χ4n) is 2.74. The molecule has 0 aromatic heterocycles. The van der Waals surface area contributed by atoms with Gasteiger partial charge in [0.05, 0.1) is 6.04 Å². The highest BCUT2D eigenvalue weighted by Gasteiger charge is 2.19. The molecule has 3 rings (SSSR count). The monoisotopic (exact) mass is 277 g/mol. The quantitative estimate of drug-likeness (QED) is 0.833. The van der Waals surface area contributed by atoms with E-state index in [1.807, 2.05) is 18.2 Å². The highest BCUT2D eigenvalue weighted by Crippen LogP contribution is 2.29. The molecule has 1 unspecified atom stereocenters. The van der Waals surface area contributed by atoms with Gasteiger partial charge in [-0.3, -0.25) is 0 Å². The van der Waals surface area contributed by atoms with Gasteiger partial charge in [0.25, 0.3) is 0 Å². The third-order valence-corrected chi connectivity index (χ3v) is 3.86. The second-order valence-electron chi connectivity index (χ2n) is 5.15. The van der Waals surface area contributed by atoms with Gasteiger partial charge in [-0.25, -0.2) is 13.2 Å². The first-order chi connectivity index (χ1) is 9.56. The van der Waals surface area contributed by atoms with Crippen LogP contribution in [0.4, 0.5) is 13.2 Å². The smallest absolute Gasteiger partial charge is 0.161 e. The lowest BCUT2D eigenvalue weighted by molar-refractivity contribution is 0.487. The molecule has 1 atom stereocenters. The van der Waals surface area contributed by atoms with Gasteiger partial charge in [0, 0.05) is 11.6 Å². The summed E-state index contributed by atoms with van der Waals surface area (Å²) in [4.78, 5) is 0. The van der Waals surface area contributed by atoms with Gasteiger partial charge in [-0.15, -0.1) is 0 Å². The second-order valence-corrected chi connectivity index (χ2v) is 5.15. The maximum absolute atomic E-state index is 13.8. The molecule has 2 aromatic rings. The van der Waals surface area contributed by atoms with Crippen molar-refractivity contribution in [2.24, 2.45) is 5.73 Å². The molecule has 0 spiro atoms. The zero-order valence-electron chi connectivity index (χ0n) is 10.8. The van der Waals surface area contributed by atoms with Crippen molar-refractivity contribution in [3.63, 3.8) is 0 Å². The SMILES string of the molecule is NC(c1ccc2c(c1)CCC2)c1cc(F)c(F)cc1F. The van der Waals surface area contributed by atoms with Crippen LogP contribution in [0, 0.1) is 17.5 Å². The Labute approximate surface area is 115 Å². The molecule has 1 aliphatic rings. The summed E-state index contributed by atoms with van der Waals surface area (Å²) in [6, 6.07) is 6.33. The lowest BCUT2D eigenvalue weighted by Crippen LogP contribution is -2.15. The second kappa shape index (κ2) is 4.94. The van der Waals surface area contributed by atoms with Crippen LogP contribution in [0.3, 0.4) is 0 Å². The van der Waals surface area contributed by atoms with Gasteiger partial charge in [0.1, 0.15) is 5.82 Å². The van der Waals surface area contributed by atoms with Crippen molar-refractivity contribution < 1.29 is 13.2 Å². The van der Waals surface area contributed by atoms with E-state index in [2.05, 4.69) is 0 Å². The van der Waals surface area contributed by atoms with Crippen LogP contribution in [0.25, 0.3) is 0 Å². The van der Waals surface area contributed by atoms with E-state index >= 15 is 0 Å². The van der Waals surface area contributed by atoms with Crippen LogP contribution in [0.2, 0.25) is 0 Å². The number of fused-ring (bicyclic) bond motifs is 1. The summed E-state index contributed by atoms with van der Waals surface area (Å²) in [7, 11) is 0. The van der Waals surface area contributed by atoms with Crippen molar-refractivity contribution in [2.75, 3.05) is 0 Å². The van der Waals surface area contributed by atoms with Crippen molar-refractivity contribution in [1.29, 1.82) is 0 Å². The van der Waals surface area contributed by atoms with Crippen molar-refractivity contribution in [3.8, 4) is 0 Å². The van der Waals surface area contributed by atoms with Crippen LogP contribution < -0.4 is 5.73 Å². The Bertz CT molecular complexity index is 667. The Morgan fingerprint density at radius 2 is 1.55 bits per heavy atom. The number of aryl methyl sites for hydroxylation is 2. The van der Waals surface area contributed by atoms with Gasteiger partial charge < -0.3 is 5.73 Å². The highest BCUT2D eigenvalue weighted by molar-refractivity contribution is 5.40. The molecule has 0 saturated heterocycles. The Kier molecular flexibility index (Phi) is 3.26. The van der Waals surface area contributed by atoms with E-state index in [0.717, 1.165) is 30.9 Å². The van der Waals surface area contributed by atoms with Crippen molar-refractivity contribution in [3.05, 3.63) is 70.0 Å². The number of rotatable bonds is 2. The summed E-state index contributed by atoms with van der Waals surface area (Å²) < 4.78 is 40.0. The molecule has 2 N–H and O–H groups in total. The maximum atomic E-state index is 13.8. The zero-order chi connectivity index (χ0) is 14.3. The molecule has 20 heavy (non-hydrogen) atoms. The Morgan fingerprint density at radius 1 is 0.850 bits per heavy atom. The molecular formula is C16H14F3N. The van der Waals surface area contributed by atoms with Crippen molar-refractivity contribution in [2.45, 2.75) is 25.3 Å². The molecule has 0 saturated carbocycles. The summed E-state index contributed by atoms with van der Waals surface area (Å²) in [5.74, 6) is -3.11. The largest absolute Gasteiger partial charge is 0.320 e. The summed E-state index contributed by atoms with van der Waals surface area (Å²) in [5.41, 5.74) is 9.19. The van der Waals surface area contributed by atoms with Crippen molar-refractivity contribution >= 4 is 0 Å².